The molecular weight excluding hydrogens is 336 g/mol. The third-order valence-electron chi connectivity index (χ3n) is 3.46. The summed E-state index contributed by atoms with van der Waals surface area (Å²) in [6, 6.07) is 7.30. The van der Waals surface area contributed by atoms with Crippen molar-refractivity contribution in [1.82, 2.24) is 14.9 Å². The van der Waals surface area contributed by atoms with E-state index in [0.29, 0.717) is 11.4 Å². The van der Waals surface area contributed by atoms with E-state index in [9.17, 15) is 14.4 Å². The van der Waals surface area contributed by atoms with Crippen LogP contribution in [0.15, 0.2) is 36.7 Å². The summed E-state index contributed by atoms with van der Waals surface area (Å²) in [5, 5.41) is 2.69. The largest absolute Gasteiger partial charge is 0.451 e. The number of likely N-dealkylation sites (N-methyl/N-ethyl adjacent to an activating group) is 1. The Morgan fingerprint density at radius 1 is 1.08 bits per heavy atom. The molecule has 0 spiro atoms. The van der Waals surface area contributed by atoms with E-state index in [0.717, 1.165) is 5.56 Å². The van der Waals surface area contributed by atoms with Gasteiger partial charge < -0.3 is 15.0 Å². The van der Waals surface area contributed by atoms with E-state index in [4.69, 9.17) is 4.74 Å². The fourth-order valence-corrected chi connectivity index (χ4v) is 1.95. The smallest absolute Gasteiger partial charge is 0.359 e. The summed E-state index contributed by atoms with van der Waals surface area (Å²) in [4.78, 5) is 44.8. The topological polar surface area (TPSA) is 101 Å². The lowest BCUT2D eigenvalue weighted by atomic mass is 10.2. The Bertz CT molecular complexity index is 788. The summed E-state index contributed by atoms with van der Waals surface area (Å²) >= 11 is 0. The zero-order valence-electron chi connectivity index (χ0n) is 14.9. The van der Waals surface area contributed by atoms with Crippen LogP contribution in [0.2, 0.25) is 0 Å². The maximum absolute atomic E-state index is 12.0. The van der Waals surface area contributed by atoms with Gasteiger partial charge in [-0.2, -0.15) is 0 Å². The highest BCUT2D eigenvalue weighted by atomic mass is 16.5. The minimum Gasteiger partial charge on any atom is -0.451 e. The number of ether oxygens (including phenoxy) is 1. The molecule has 2 amide bonds. The monoisotopic (exact) mass is 356 g/mol. The summed E-state index contributed by atoms with van der Waals surface area (Å²) in [7, 11) is 1.45. The SMILES string of the molecule is Cc1ccc(NC(=O)CN(C)C(=O)COC(=O)c2cnc(C)cn2)cc1. The number of benzene rings is 1. The Balaban J connectivity index is 1.79. The number of aromatic nitrogens is 2. The van der Waals surface area contributed by atoms with Crippen LogP contribution in [0, 0.1) is 13.8 Å². The molecule has 0 aliphatic carbocycles. The molecule has 0 atom stereocenters. The molecule has 2 rings (SSSR count). The summed E-state index contributed by atoms with van der Waals surface area (Å²) in [6.07, 6.45) is 2.71. The average molecular weight is 356 g/mol. The van der Waals surface area contributed by atoms with Crippen LogP contribution in [-0.4, -0.2) is 52.9 Å². The van der Waals surface area contributed by atoms with Crippen LogP contribution in [-0.2, 0) is 14.3 Å². The Kier molecular flexibility index (Phi) is 6.37. The molecule has 0 fully saturated rings. The molecule has 0 saturated heterocycles. The van der Waals surface area contributed by atoms with Crippen LogP contribution in [0.1, 0.15) is 21.7 Å². The lowest BCUT2D eigenvalue weighted by Crippen LogP contribution is -2.37. The maximum Gasteiger partial charge on any atom is 0.359 e. The fourth-order valence-electron chi connectivity index (χ4n) is 1.95. The van der Waals surface area contributed by atoms with Crippen LogP contribution in [0.3, 0.4) is 0 Å². The van der Waals surface area contributed by atoms with Gasteiger partial charge in [0.05, 0.1) is 18.4 Å². The van der Waals surface area contributed by atoms with E-state index in [1.165, 1.54) is 24.3 Å². The Hall–Kier alpha value is -3.29. The molecule has 1 aromatic carbocycles. The molecule has 0 saturated carbocycles. The average Bonchev–Trinajstić information content (AvgIpc) is 2.61. The summed E-state index contributed by atoms with van der Waals surface area (Å²) in [6.45, 7) is 3.04. The number of rotatable bonds is 6. The number of hydrogen-bond acceptors (Lipinski definition) is 6. The summed E-state index contributed by atoms with van der Waals surface area (Å²) < 4.78 is 4.90. The molecule has 0 bridgehead atoms. The van der Waals surface area contributed by atoms with E-state index in [2.05, 4.69) is 15.3 Å². The zero-order chi connectivity index (χ0) is 19.1. The molecule has 2 aromatic rings. The van der Waals surface area contributed by atoms with E-state index in [1.807, 2.05) is 19.1 Å². The van der Waals surface area contributed by atoms with Gasteiger partial charge in [0.2, 0.25) is 5.91 Å². The lowest BCUT2D eigenvalue weighted by molar-refractivity contribution is -0.136. The third kappa shape index (κ3) is 5.66. The van der Waals surface area contributed by atoms with Crippen LogP contribution in [0.5, 0.6) is 0 Å². The number of aryl methyl sites for hydroxylation is 2. The normalized spacial score (nSPS) is 10.1. The van der Waals surface area contributed by atoms with Crippen molar-refractivity contribution in [2.24, 2.45) is 0 Å². The molecule has 1 heterocycles. The number of esters is 1. The number of carbonyl (C=O) groups excluding carboxylic acids is 3. The minimum atomic E-state index is -0.747. The third-order valence-corrected chi connectivity index (χ3v) is 3.46. The predicted octanol–water partition coefficient (Wildman–Crippen LogP) is 1.35. The Labute approximate surface area is 151 Å². The lowest BCUT2D eigenvalue weighted by Gasteiger charge is -2.16. The van der Waals surface area contributed by atoms with Gasteiger partial charge in [0.15, 0.2) is 12.3 Å². The van der Waals surface area contributed by atoms with Gasteiger partial charge in [-0.05, 0) is 26.0 Å². The first kappa shape index (κ1) is 19.0. The quantitative estimate of drug-likeness (QED) is 0.784. The molecule has 26 heavy (non-hydrogen) atoms. The first-order chi connectivity index (χ1) is 12.3. The Morgan fingerprint density at radius 2 is 1.77 bits per heavy atom. The predicted molar refractivity (Wildman–Crippen MR) is 94.5 cm³/mol. The number of anilines is 1. The first-order valence-corrected chi connectivity index (χ1v) is 7.91. The van der Waals surface area contributed by atoms with Crippen molar-refractivity contribution < 1.29 is 19.1 Å². The number of nitrogens with one attached hydrogen (secondary N) is 1. The first-order valence-electron chi connectivity index (χ1n) is 7.91. The molecule has 0 aliphatic rings. The van der Waals surface area contributed by atoms with E-state index in [-0.39, 0.29) is 18.1 Å². The van der Waals surface area contributed by atoms with Crippen molar-refractivity contribution in [1.29, 1.82) is 0 Å². The molecule has 1 aromatic heterocycles. The van der Waals surface area contributed by atoms with Gasteiger partial charge in [0, 0.05) is 18.9 Å². The van der Waals surface area contributed by atoms with Crippen molar-refractivity contribution in [3.8, 4) is 0 Å². The van der Waals surface area contributed by atoms with Crippen LogP contribution in [0.4, 0.5) is 5.69 Å². The summed E-state index contributed by atoms with van der Waals surface area (Å²) in [5.74, 6) is -1.60. The number of nitrogens with zero attached hydrogens (tertiary/aromatic N) is 3. The fraction of sp³-hybridized carbons (Fsp3) is 0.278. The molecule has 1 N–H and O–H groups in total. The second-order valence-corrected chi connectivity index (χ2v) is 5.78. The van der Waals surface area contributed by atoms with Crippen molar-refractivity contribution in [3.63, 3.8) is 0 Å². The molecule has 0 radical (unpaired) electrons. The van der Waals surface area contributed by atoms with Gasteiger partial charge in [-0.25, -0.2) is 9.78 Å². The van der Waals surface area contributed by atoms with Gasteiger partial charge in [-0.1, -0.05) is 17.7 Å². The molecule has 0 unspecified atom stereocenters. The van der Waals surface area contributed by atoms with Crippen LogP contribution in [0.25, 0.3) is 0 Å². The van der Waals surface area contributed by atoms with Crippen molar-refractivity contribution in [2.75, 3.05) is 25.5 Å². The van der Waals surface area contributed by atoms with E-state index >= 15 is 0 Å². The second kappa shape index (κ2) is 8.70. The van der Waals surface area contributed by atoms with E-state index in [1.54, 1.807) is 19.1 Å². The summed E-state index contributed by atoms with van der Waals surface area (Å²) in [5.41, 5.74) is 2.40. The van der Waals surface area contributed by atoms with Crippen LogP contribution >= 0.6 is 0 Å². The minimum absolute atomic E-state index is 0.0168. The van der Waals surface area contributed by atoms with Crippen molar-refractivity contribution in [3.05, 3.63) is 53.6 Å². The van der Waals surface area contributed by atoms with Crippen molar-refractivity contribution in [2.45, 2.75) is 13.8 Å². The van der Waals surface area contributed by atoms with Gasteiger partial charge >= 0.3 is 5.97 Å². The highest BCUT2D eigenvalue weighted by Crippen LogP contribution is 2.08. The highest BCUT2D eigenvalue weighted by molar-refractivity contribution is 5.95. The molecule has 0 aliphatic heterocycles. The van der Waals surface area contributed by atoms with Gasteiger partial charge in [-0.15, -0.1) is 0 Å². The van der Waals surface area contributed by atoms with Crippen LogP contribution < -0.4 is 5.32 Å². The molecule has 8 nitrogen and oxygen atoms in total. The Morgan fingerprint density at radius 3 is 2.38 bits per heavy atom. The van der Waals surface area contributed by atoms with Gasteiger partial charge in [-0.3, -0.25) is 14.6 Å². The molecular formula is C18H20N4O4. The van der Waals surface area contributed by atoms with Gasteiger partial charge in [0.1, 0.15) is 0 Å². The van der Waals surface area contributed by atoms with Gasteiger partial charge in [0.25, 0.3) is 5.91 Å². The number of carbonyl (C=O) groups is 3. The van der Waals surface area contributed by atoms with E-state index < -0.39 is 18.5 Å². The number of amides is 2. The maximum atomic E-state index is 12.0. The number of hydrogen-bond donors (Lipinski definition) is 1. The molecule has 136 valence electrons. The standard InChI is InChI=1S/C18H20N4O4/c1-12-4-6-14(7-5-12)21-16(23)10-22(3)17(24)11-26-18(25)15-9-19-13(2)8-20-15/h4-9H,10-11H2,1-3H3,(H,21,23). The second-order valence-electron chi connectivity index (χ2n) is 5.78. The molecule has 8 heteroatoms. The van der Waals surface area contributed by atoms with Crippen molar-refractivity contribution >= 4 is 23.5 Å². The zero-order valence-corrected chi connectivity index (χ0v) is 14.9. The highest BCUT2D eigenvalue weighted by Gasteiger charge is 2.17.